The van der Waals surface area contributed by atoms with Gasteiger partial charge in [0.05, 0.1) is 10.0 Å². The summed E-state index contributed by atoms with van der Waals surface area (Å²) in [5.41, 5.74) is 2.29. The van der Waals surface area contributed by atoms with Gasteiger partial charge in [-0.3, -0.25) is 0 Å². The zero-order valence-corrected chi connectivity index (χ0v) is 8.13. The Hall–Kier alpha value is -0.200. The van der Waals surface area contributed by atoms with Crippen LogP contribution in [0.25, 0.3) is 0 Å². The van der Waals surface area contributed by atoms with Crippen LogP contribution in [0.1, 0.15) is 18.1 Å². The van der Waals surface area contributed by atoms with Crippen molar-refractivity contribution in [2.45, 2.75) is 20.3 Å². The molecule has 0 spiro atoms. The van der Waals surface area contributed by atoms with Crippen molar-refractivity contribution in [2.24, 2.45) is 0 Å². The van der Waals surface area contributed by atoms with Gasteiger partial charge in [0, 0.05) is 0 Å². The molecule has 0 aliphatic rings. The largest absolute Gasteiger partial charge is 0.0827 e. The van der Waals surface area contributed by atoms with Crippen LogP contribution in [0.2, 0.25) is 10.0 Å². The van der Waals surface area contributed by atoms with E-state index in [4.69, 9.17) is 23.2 Å². The summed E-state index contributed by atoms with van der Waals surface area (Å²) in [5, 5.41) is 1.35. The highest BCUT2D eigenvalue weighted by Crippen LogP contribution is 2.27. The molecule has 1 aromatic rings. The van der Waals surface area contributed by atoms with Crippen LogP contribution in [0.15, 0.2) is 12.1 Å². The summed E-state index contributed by atoms with van der Waals surface area (Å²) in [6.07, 6.45) is 0.931. The summed E-state index contributed by atoms with van der Waals surface area (Å²) < 4.78 is 0. The molecule has 0 unspecified atom stereocenters. The molecular formula is C9H10Cl2. The maximum atomic E-state index is 5.93. The minimum absolute atomic E-state index is 0.656. The van der Waals surface area contributed by atoms with E-state index < -0.39 is 0 Å². The van der Waals surface area contributed by atoms with Gasteiger partial charge in [-0.05, 0) is 30.5 Å². The molecule has 0 saturated carbocycles. The standard InChI is InChI=1S/C9H10Cl2/c1-3-7-4-6(2)5-8(10)9(7)11/h4-5H,3H2,1-2H3. The summed E-state index contributed by atoms with van der Waals surface area (Å²) in [4.78, 5) is 0. The molecule has 0 N–H and O–H groups in total. The molecule has 1 rings (SSSR count). The van der Waals surface area contributed by atoms with Gasteiger partial charge in [-0.25, -0.2) is 0 Å². The van der Waals surface area contributed by atoms with Gasteiger partial charge in [-0.15, -0.1) is 0 Å². The number of hydrogen-bond acceptors (Lipinski definition) is 0. The lowest BCUT2D eigenvalue weighted by atomic mass is 10.1. The second-order valence-electron chi connectivity index (χ2n) is 2.57. The Morgan fingerprint density at radius 2 is 1.91 bits per heavy atom. The smallest absolute Gasteiger partial charge is 0.0624 e. The maximum absolute atomic E-state index is 5.93. The van der Waals surface area contributed by atoms with Crippen molar-refractivity contribution >= 4 is 23.2 Å². The topological polar surface area (TPSA) is 0 Å². The average molecular weight is 189 g/mol. The Labute approximate surface area is 77.1 Å². The molecule has 2 heteroatoms. The molecule has 0 amide bonds. The van der Waals surface area contributed by atoms with E-state index in [1.165, 1.54) is 0 Å². The van der Waals surface area contributed by atoms with Crippen LogP contribution in [0.5, 0.6) is 0 Å². The van der Waals surface area contributed by atoms with Crippen molar-refractivity contribution in [3.05, 3.63) is 33.3 Å². The van der Waals surface area contributed by atoms with Crippen molar-refractivity contribution in [2.75, 3.05) is 0 Å². The number of hydrogen-bond donors (Lipinski definition) is 0. The van der Waals surface area contributed by atoms with E-state index in [0.717, 1.165) is 17.5 Å². The Morgan fingerprint density at radius 3 is 2.45 bits per heavy atom. The third kappa shape index (κ3) is 1.88. The molecular weight excluding hydrogens is 179 g/mol. The first-order valence-electron chi connectivity index (χ1n) is 3.59. The SMILES string of the molecule is CCc1cc(C)cc(Cl)c1Cl. The zero-order chi connectivity index (χ0) is 8.43. The first-order chi connectivity index (χ1) is 5.15. The van der Waals surface area contributed by atoms with Crippen LogP contribution in [0, 0.1) is 6.92 Å². The molecule has 0 aliphatic carbocycles. The average Bonchev–Trinajstić information content (AvgIpc) is 1.96. The minimum atomic E-state index is 0.656. The van der Waals surface area contributed by atoms with Crippen LogP contribution in [0.3, 0.4) is 0 Å². The van der Waals surface area contributed by atoms with Crippen molar-refractivity contribution in [3.63, 3.8) is 0 Å². The molecule has 0 radical (unpaired) electrons. The maximum Gasteiger partial charge on any atom is 0.0624 e. The highest BCUT2D eigenvalue weighted by atomic mass is 35.5. The van der Waals surface area contributed by atoms with Crippen molar-refractivity contribution in [3.8, 4) is 0 Å². The summed E-state index contributed by atoms with van der Waals surface area (Å²) >= 11 is 11.8. The van der Waals surface area contributed by atoms with Crippen molar-refractivity contribution < 1.29 is 0 Å². The monoisotopic (exact) mass is 188 g/mol. The molecule has 11 heavy (non-hydrogen) atoms. The van der Waals surface area contributed by atoms with Gasteiger partial charge in [-0.2, -0.15) is 0 Å². The van der Waals surface area contributed by atoms with Crippen LogP contribution < -0.4 is 0 Å². The fraction of sp³-hybridized carbons (Fsp3) is 0.333. The Kier molecular flexibility index (Phi) is 2.80. The second-order valence-corrected chi connectivity index (χ2v) is 3.36. The van der Waals surface area contributed by atoms with Gasteiger partial charge in [0.15, 0.2) is 0 Å². The Bertz CT molecular complexity index is 267. The fourth-order valence-corrected chi connectivity index (χ4v) is 1.59. The number of benzene rings is 1. The molecule has 0 bridgehead atoms. The molecule has 60 valence electrons. The van der Waals surface area contributed by atoms with Crippen LogP contribution >= 0.6 is 23.2 Å². The van der Waals surface area contributed by atoms with E-state index >= 15 is 0 Å². The van der Waals surface area contributed by atoms with Crippen molar-refractivity contribution in [1.29, 1.82) is 0 Å². The molecule has 0 saturated heterocycles. The molecule has 0 aliphatic heterocycles. The quantitative estimate of drug-likeness (QED) is 0.629. The lowest BCUT2D eigenvalue weighted by molar-refractivity contribution is 1.13. The van der Waals surface area contributed by atoms with Gasteiger partial charge >= 0.3 is 0 Å². The molecule has 0 nitrogen and oxygen atoms in total. The number of halogens is 2. The number of aryl methyl sites for hydroxylation is 2. The fourth-order valence-electron chi connectivity index (χ4n) is 1.05. The van der Waals surface area contributed by atoms with Gasteiger partial charge in [0.1, 0.15) is 0 Å². The predicted octanol–water partition coefficient (Wildman–Crippen LogP) is 3.86. The Morgan fingerprint density at radius 1 is 1.27 bits per heavy atom. The summed E-state index contributed by atoms with van der Waals surface area (Å²) in [7, 11) is 0. The molecule has 0 fully saturated rings. The van der Waals surface area contributed by atoms with Gasteiger partial charge < -0.3 is 0 Å². The second kappa shape index (κ2) is 3.46. The highest BCUT2D eigenvalue weighted by molar-refractivity contribution is 6.42. The van der Waals surface area contributed by atoms with Gasteiger partial charge in [0.2, 0.25) is 0 Å². The van der Waals surface area contributed by atoms with Crippen molar-refractivity contribution in [1.82, 2.24) is 0 Å². The van der Waals surface area contributed by atoms with Gasteiger partial charge in [0.25, 0.3) is 0 Å². The van der Waals surface area contributed by atoms with E-state index in [9.17, 15) is 0 Å². The van der Waals surface area contributed by atoms with E-state index in [-0.39, 0.29) is 0 Å². The summed E-state index contributed by atoms with van der Waals surface area (Å²) in [6, 6.07) is 3.94. The van der Waals surface area contributed by atoms with Crippen LogP contribution in [-0.4, -0.2) is 0 Å². The van der Waals surface area contributed by atoms with E-state index in [2.05, 4.69) is 13.0 Å². The normalized spacial score (nSPS) is 10.2. The first-order valence-corrected chi connectivity index (χ1v) is 4.35. The molecule has 1 aromatic carbocycles. The highest BCUT2D eigenvalue weighted by Gasteiger charge is 2.03. The molecule has 0 atom stereocenters. The lowest BCUT2D eigenvalue weighted by Gasteiger charge is -2.04. The van der Waals surface area contributed by atoms with Gasteiger partial charge in [-0.1, -0.05) is 36.2 Å². The summed E-state index contributed by atoms with van der Waals surface area (Å²) in [5.74, 6) is 0. The van der Waals surface area contributed by atoms with E-state index in [1.54, 1.807) is 0 Å². The van der Waals surface area contributed by atoms with Crippen LogP contribution in [0.4, 0.5) is 0 Å². The Balaban J connectivity index is 3.24. The molecule has 0 heterocycles. The van der Waals surface area contributed by atoms with Crippen LogP contribution in [-0.2, 0) is 6.42 Å². The van der Waals surface area contributed by atoms with E-state index in [1.807, 2.05) is 13.0 Å². The zero-order valence-electron chi connectivity index (χ0n) is 6.62. The first kappa shape index (κ1) is 8.89. The third-order valence-electron chi connectivity index (χ3n) is 1.63. The molecule has 0 aromatic heterocycles. The van der Waals surface area contributed by atoms with E-state index in [0.29, 0.717) is 10.0 Å². The number of rotatable bonds is 1. The minimum Gasteiger partial charge on any atom is -0.0827 e. The summed E-state index contributed by atoms with van der Waals surface area (Å²) in [6.45, 7) is 4.08. The third-order valence-corrected chi connectivity index (χ3v) is 2.47. The predicted molar refractivity (Wildman–Crippen MR) is 50.6 cm³/mol. The lowest BCUT2D eigenvalue weighted by Crippen LogP contribution is -1.84.